The minimum Gasteiger partial charge on any atom is -0.479 e. The van der Waals surface area contributed by atoms with Gasteiger partial charge in [-0.05, 0) is 52.0 Å². The molecule has 1 aliphatic rings. The average molecular weight is 297 g/mol. The zero-order valence-corrected chi connectivity index (χ0v) is 12.7. The van der Waals surface area contributed by atoms with Crippen molar-refractivity contribution >= 4 is 17.5 Å². The number of nitrogens with one attached hydrogen (secondary N) is 1. The van der Waals surface area contributed by atoms with E-state index in [1.807, 2.05) is 12.1 Å². The van der Waals surface area contributed by atoms with Crippen LogP contribution in [0.1, 0.15) is 19.8 Å². The predicted octanol–water partition coefficient (Wildman–Crippen LogP) is 2.32. The molecule has 0 spiro atoms. The number of para-hydroxylation sites is 1. The number of nitrogens with zero attached hydrogens (tertiary/aromatic N) is 1. The normalized spacial score (nSPS) is 18.6. The quantitative estimate of drug-likeness (QED) is 0.927. The van der Waals surface area contributed by atoms with Crippen molar-refractivity contribution in [3.05, 3.63) is 29.3 Å². The van der Waals surface area contributed by atoms with Gasteiger partial charge in [0.2, 0.25) is 0 Å². The van der Waals surface area contributed by atoms with Crippen molar-refractivity contribution in [1.82, 2.24) is 10.2 Å². The number of ether oxygens (including phenoxy) is 1. The van der Waals surface area contributed by atoms with Crippen molar-refractivity contribution in [3.8, 4) is 5.75 Å². The Morgan fingerprint density at radius 2 is 2.05 bits per heavy atom. The van der Waals surface area contributed by atoms with Crippen LogP contribution in [0.3, 0.4) is 0 Å². The van der Waals surface area contributed by atoms with Gasteiger partial charge in [-0.3, -0.25) is 4.79 Å². The second kappa shape index (κ2) is 6.95. The summed E-state index contributed by atoms with van der Waals surface area (Å²) < 4.78 is 5.62. The van der Waals surface area contributed by atoms with Gasteiger partial charge >= 0.3 is 0 Å². The topological polar surface area (TPSA) is 41.6 Å². The fourth-order valence-corrected chi connectivity index (χ4v) is 2.44. The first-order chi connectivity index (χ1) is 9.56. The van der Waals surface area contributed by atoms with E-state index >= 15 is 0 Å². The molecule has 1 saturated heterocycles. The lowest BCUT2D eigenvalue weighted by molar-refractivity contribution is -0.128. The average Bonchev–Trinajstić information content (AvgIpc) is 2.44. The number of carbonyl (C=O) groups is 1. The number of hydrogen-bond donors (Lipinski definition) is 1. The van der Waals surface area contributed by atoms with Gasteiger partial charge in [0, 0.05) is 6.04 Å². The second-order valence-electron chi connectivity index (χ2n) is 5.28. The Morgan fingerprint density at radius 3 is 2.70 bits per heavy atom. The largest absolute Gasteiger partial charge is 0.479 e. The summed E-state index contributed by atoms with van der Waals surface area (Å²) in [6.07, 6.45) is 1.43. The number of rotatable bonds is 4. The summed E-state index contributed by atoms with van der Waals surface area (Å²) in [6.45, 7) is 3.78. The molecule has 1 aromatic rings. The summed E-state index contributed by atoms with van der Waals surface area (Å²) in [5.41, 5.74) is 0. The fraction of sp³-hybridized carbons (Fsp3) is 0.533. The van der Waals surface area contributed by atoms with Crippen LogP contribution in [0.2, 0.25) is 5.02 Å². The number of piperidine rings is 1. The third-order valence-electron chi connectivity index (χ3n) is 3.57. The van der Waals surface area contributed by atoms with E-state index in [2.05, 4.69) is 17.3 Å². The number of carbonyl (C=O) groups excluding carboxylic acids is 1. The highest BCUT2D eigenvalue weighted by Gasteiger charge is 2.22. The van der Waals surface area contributed by atoms with Gasteiger partial charge in [-0.25, -0.2) is 0 Å². The molecule has 110 valence electrons. The Balaban J connectivity index is 1.84. The molecule has 1 aromatic carbocycles. The highest BCUT2D eigenvalue weighted by molar-refractivity contribution is 6.32. The highest BCUT2D eigenvalue weighted by atomic mass is 35.5. The van der Waals surface area contributed by atoms with E-state index in [0.29, 0.717) is 10.8 Å². The first-order valence-corrected chi connectivity index (χ1v) is 7.34. The molecule has 1 fully saturated rings. The maximum absolute atomic E-state index is 12.1. The SMILES string of the molecule is CC(Oc1ccccc1Cl)C(=O)NC1CCN(C)CC1. The fourth-order valence-electron chi connectivity index (χ4n) is 2.26. The molecular formula is C15H21ClN2O2. The van der Waals surface area contributed by atoms with E-state index < -0.39 is 6.10 Å². The lowest BCUT2D eigenvalue weighted by atomic mass is 10.1. The molecule has 20 heavy (non-hydrogen) atoms. The lowest BCUT2D eigenvalue weighted by Crippen LogP contribution is -2.47. The van der Waals surface area contributed by atoms with Gasteiger partial charge in [0.25, 0.3) is 5.91 Å². The maximum Gasteiger partial charge on any atom is 0.260 e. The Kier molecular flexibility index (Phi) is 5.26. The van der Waals surface area contributed by atoms with Crippen LogP contribution >= 0.6 is 11.6 Å². The molecule has 4 nitrogen and oxygen atoms in total. The molecule has 1 atom stereocenters. The molecular weight excluding hydrogens is 276 g/mol. The van der Waals surface area contributed by atoms with E-state index in [0.717, 1.165) is 25.9 Å². The van der Waals surface area contributed by atoms with Gasteiger partial charge in [0.05, 0.1) is 5.02 Å². The van der Waals surface area contributed by atoms with Crippen LogP contribution in [-0.2, 0) is 4.79 Å². The maximum atomic E-state index is 12.1. The number of halogens is 1. The molecule has 0 aliphatic carbocycles. The molecule has 0 bridgehead atoms. The Morgan fingerprint density at radius 1 is 1.40 bits per heavy atom. The minimum absolute atomic E-state index is 0.0838. The summed E-state index contributed by atoms with van der Waals surface area (Å²) in [5.74, 6) is 0.458. The van der Waals surface area contributed by atoms with Crippen molar-refractivity contribution in [2.24, 2.45) is 0 Å². The number of amides is 1. The summed E-state index contributed by atoms with van der Waals surface area (Å²) in [4.78, 5) is 14.4. The van der Waals surface area contributed by atoms with Gasteiger partial charge in [-0.15, -0.1) is 0 Å². The van der Waals surface area contributed by atoms with Crippen LogP contribution in [0.4, 0.5) is 0 Å². The molecule has 0 radical (unpaired) electrons. The summed E-state index contributed by atoms with van der Waals surface area (Å²) in [6, 6.07) is 7.43. The molecule has 1 amide bonds. The molecule has 2 rings (SSSR count). The molecule has 0 aromatic heterocycles. The predicted molar refractivity (Wildman–Crippen MR) is 80.2 cm³/mol. The molecule has 1 heterocycles. The third-order valence-corrected chi connectivity index (χ3v) is 3.89. The van der Waals surface area contributed by atoms with Gasteiger partial charge in [0.1, 0.15) is 5.75 Å². The van der Waals surface area contributed by atoms with Crippen molar-refractivity contribution < 1.29 is 9.53 Å². The summed E-state index contributed by atoms with van der Waals surface area (Å²) in [5, 5.41) is 3.57. The number of benzene rings is 1. The summed E-state index contributed by atoms with van der Waals surface area (Å²) in [7, 11) is 2.10. The third kappa shape index (κ3) is 4.12. The van der Waals surface area contributed by atoms with E-state index in [4.69, 9.17) is 16.3 Å². The van der Waals surface area contributed by atoms with Crippen molar-refractivity contribution in [3.63, 3.8) is 0 Å². The van der Waals surface area contributed by atoms with Gasteiger partial charge in [0.15, 0.2) is 6.10 Å². The van der Waals surface area contributed by atoms with E-state index in [1.54, 1.807) is 19.1 Å². The monoisotopic (exact) mass is 296 g/mol. The van der Waals surface area contributed by atoms with Gasteiger partial charge < -0.3 is 15.0 Å². The van der Waals surface area contributed by atoms with E-state index in [9.17, 15) is 4.79 Å². The first kappa shape index (κ1) is 15.1. The first-order valence-electron chi connectivity index (χ1n) is 6.96. The summed E-state index contributed by atoms with van der Waals surface area (Å²) >= 11 is 6.02. The van der Waals surface area contributed by atoms with Crippen LogP contribution in [0.15, 0.2) is 24.3 Å². The molecule has 5 heteroatoms. The number of hydrogen-bond acceptors (Lipinski definition) is 3. The Bertz CT molecular complexity index is 459. The smallest absolute Gasteiger partial charge is 0.260 e. The lowest BCUT2D eigenvalue weighted by Gasteiger charge is -2.30. The molecule has 1 aliphatic heterocycles. The van der Waals surface area contributed by atoms with Gasteiger partial charge in [-0.2, -0.15) is 0 Å². The zero-order valence-electron chi connectivity index (χ0n) is 11.9. The standard InChI is InChI=1S/C15H21ClN2O2/c1-11(20-14-6-4-3-5-13(14)16)15(19)17-12-7-9-18(2)10-8-12/h3-6,11-12H,7-10H2,1-2H3,(H,17,19). The molecule has 1 N–H and O–H groups in total. The minimum atomic E-state index is -0.547. The van der Waals surface area contributed by atoms with Crippen LogP contribution in [0.5, 0.6) is 5.75 Å². The molecule has 1 unspecified atom stereocenters. The zero-order chi connectivity index (χ0) is 14.5. The second-order valence-corrected chi connectivity index (χ2v) is 5.68. The van der Waals surface area contributed by atoms with Crippen molar-refractivity contribution in [2.75, 3.05) is 20.1 Å². The highest BCUT2D eigenvalue weighted by Crippen LogP contribution is 2.24. The van der Waals surface area contributed by atoms with Crippen LogP contribution in [0.25, 0.3) is 0 Å². The Labute approximate surface area is 125 Å². The van der Waals surface area contributed by atoms with Crippen molar-refractivity contribution in [1.29, 1.82) is 0 Å². The molecule has 0 saturated carbocycles. The van der Waals surface area contributed by atoms with Crippen LogP contribution in [0, 0.1) is 0 Å². The van der Waals surface area contributed by atoms with Crippen LogP contribution < -0.4 is 10.1 Å². The number of likely N-dealkylation sites (tertiary alicyclic amines) is 1. The van der Waals surface area contributed by atoms with Crippen LogP contribution in [-0.4, -0.2) is 43.1 Å². The van der Waals surface area contributed by atoms with Gasteiger partial charge in [-0.1, -0.05) is 23.7 Å². The Hall–Kier alpha value is -1.26. The van der Waals surface area contributed by atoms with E-state index in [1.165, 1.54) is 0 Å². The van der Waals surface area contributed by atoms with E-state index in [-0.39, 0.29) is 11.9 Å². The van der Waals surface area contributed by atoms with Crippen molar-refractivity contribution in [2.45, 2.75) is 31.9 Å².